The smallest absolute Gasteiger partial charge is 0.340 e. The molecular weight excluding hydrogens is 753 g/mol. The summed E-state index contributed by atoms with van der Waals surface area (Å²) in [6.07, 6.45) is 5.10. The number of carboxylic acids is 1. The summed E-state index contributed by atoms with van der Waals surface area (Å²) in [6, 6.07) is 36.5. The Morgan fingerprint density at radius 2 is 1.25 bits per heavy atom. The molecule has 0 amide bonds. The number of aromatic hydroxyl groups is 2. The summed E-state index contributed by atoms with van der Waals surface area (Å²) in [5.74, 6) is 1.99. The first-order valence-electron chi connectivity index (χ1n) is 17.5. The van der Waals surface area contributed by atoms with E-state index in [4.69, 9.17) is 25.7 Å². The minimum Gasteiger partial charge on any atom is -0.507 e. The van der Waals surface area contributed by atoms with Gasteiger partial charge in [-0.2, -0.15) is 0 Å². The summed E-state index contributed by atoms with van der Waals surface area (Å²) in [4.78, 5) is 44.2. The Morgan fingerprint density at radius 1 is 0.712 bits per heavy atom. The van der Waals surface area contributed by atoms with Crippen LogP contribution in [0.5, 0.6) is 23.0 Å². The fourth-order valence-electron chi connectivity index (χ4n) is 6.74. The number of phenols is 2. The van der Waals surface area contributed by atoms with E-state index in [2.05, 4.69) is 10.7 Å². The molecule has 300 valence electrons. The van der Waals surface area contributed by atoms with Crippen molar-refractivity contribution in [2.24, 2.45) is 0 Å². The zero-order chi connectivity index (χ0) is 40.5. The Labute approximate surface area is 341 Å². The molecule has 0 aliphatic carbocycles. The van der Waals surface area contributed by atoms with Crippen LogP contribution in [0.1, 0.15) is 59.2 Å². The van der Waals surface area contributed by atoms with Crippen LogP contribution in [0.3, 0.4) is 0 Å². The number of rotatable bonds is 9. The van der Waals surface area contributed by atoms with Gasteiger partial charge in [0.1, 0.15) is 29.6 Å². The van der Waals surface area contributed by atoms with E-state index in [1.54, 1.807) is 79.7 Å². The average Bonchev–Trinajstić information content (AvgIpc) is 3.52. The fourth-order valence-corrected chi connectivity index (χ4v) is 6.74. The van der Waals surface area contributed by atoms with Gasteiger partial charge in [-0.05, 0) is 95.2 Å². The molecule has 8 rings (SSSR count). The molecule has 0 saturated heterocycles. The van der Waals surface area contributed by atoms with Gasteiger partial charge in [0.25, 0.3) is 12.9 Å². The second-order valence-electron chi connectivity index (χ2n) is 12.4. The Morgan fingerprint density at radius 3 is 1.78 bits per heavy atom. The maximum Gasteiger partial charge on any atom is 0.340 e. The number of carbonyl (C=O) groups is 4. The summed E-state index contributed by atoms with van der Waals surface area (Å²) >= 11 is 0. The first-order valence-corrected chi connectivity index (χ1v) is 17.5. The number of hydrogen-bond donors (Lipinski definition) is 3. The molecule has 1 heterocycles. The van der Waals surface area contributed by atoms with Crippen molar-refractivity contribution in [3.05, 3.63) is 155 Å². The van der Waals surface area contributed by atoms with Crippen LogP contribution in [0.15, 0.2) is 127 Å². The predicted molar refractivity (Wildman–Crippen MR) is 226 cm³/mol. The van der Waals surface area contributed by atoms with E-state index in [1.807, 2.05) is 48.5 Å². The second-order valence-corrected chi connectivity index (χ2v) is 12.4. The van der Waals surface area contributed by atoms with Crippen LogP contribution in [0.2, 0.25) is 0 Å². The van der Waals surface area contributed by atoms with Gasteiger partial charge in [-0.15, -0.1) is 6.42 Å². The van der Waals surface area contributed by atoms with Crippen LogP contribution in [-0.4, -0.2) is 53.4 Å². The molecule has 59 heavy (non-hydrogen) atoms. The molecule has 7 aromatic rings. The standard InChI is InChI=1S/C29H18O6.C14H10O3.C3H6O2.2CH4/c30-16-34-17-9-10-25-22(15-17)28(33)35-29(25,23-11-13-26(31)20-7-3-1-5-18(20)23)24-12-14-27(32)21-8-4-2-6-19(21)24;1-2-7-17-13-6-5-10-8-12(14(15)16)4-3-11(10)9-13;1-2-5-3-4;;/h1-16,31-32H;1,3-6,8-9H,7H2,(H,15,16);3H,2H2,1H3;2*1H4. The van der Waals surface area contributed by atoms with Gasteiger partial charge in [0.2, 0.25) is 0 Å². The molecule has 1 aliphatic rings. The van der Waals surface area contributed by atoms with Crippen LogP contribution in [-0.2, 0) is 24.7 Å². The molecule has 0 radical (unpaired) electrons. The Balaban J connectivity index is 0.000000269. The number of fused-ring (bicyclic) bond motifs is 4. The number of esters is 1. The highest BCUT2D eigenvalue weighted by atomic mass is 16.6. The second kappa shape index (κ2) is 19.3. The third-order valence-corrected chi connectivity index (χ3v) is 9.20. The molecule has 0 saturated carbocycles. The zero-order valence-electron chi connectivity index (χ0n) is 30.4. The molecule has 1 aliphatic heterocycles. The van der Waals surface area contributed by atoms with E-state index in [0.29, 0.717) is 63.5 Å². The van der Waals surface area contributed by atoms with Gasteiger partial charge < -0.3 is 34.3 Å². The van der Waals surface area contributed by atoms with Crippen molar-refractivity contribution in [1.82, 2.24) is 0 Å². The van der Waals surface area contributed by atoms with Crippen LogP contribution in [0.4, 0.5) is 0 Å². The van der Waals surface area contributed by atoms with Gasteiger partial charge in [-0.25, -0.2) is 9.59 Å². The predicted octanol–water partition coefficient (Wildman–Crippen LogP) is 9.40. The van der Waals surface area contributed by atoms with Gasteiger partial charge in [0.05, 0.1) is 17.7 Å². The first-order chi connectivity index (χ1) is 27.7. The number of cyclic esters (lactones) is 1. The molecule has 0 fully saturated rings. The van der Waals surface area contributed by atoms with Crippen molar-refractivity contribution in [2.75, 3.05) is 13.2 Å². The highest BCUT2D eigenvalue weighted by Crippen LogP contribution is 2.52. The van der Waals surface area contributed by atoms with Crippen LogP contribution in [0, 0.1) is 12.3 Å². The van der Waals surface area contributed by atoms with Crippen molar-refractivity contribution in [2.45, 2.75) is 27.4 Å². The molecule has 0 aromatic heterocycles. The van der Waals surface area contributed by atoms with Gasteiger partial charge in [0, 0.05) is 27.5 Å². The monoisotopic (exact) mass is 794 g/mol. The molecule has 7 aromatic carbocycles. The SMILES string of the molecule is C.C.C#CCOc1ccc2cc(C(=O)O)ccc2c1.CCOC=O.O=COc1ccc2c(c1)C(=O)OC2(c1ccc(O)c2ccccc12)c1ccc(O)c2ccccc12. The number of carbonyl (C=O) groups excluding carboxylic acids is 3. The first kappa shape index (κ1) is 43.9. The lowest BCUT2D eigenvalue weighted by Crippen LogP contribution is -2.30. The van der Waals surface area contributed by atoms with Crippen molar-refractivity contribution in [3.8, 4) is 35.3 Å². The highest BCUT2D eigenvalue weighted by molar-refractivity contribution is 6.02. The minimum absolute atomic E-state index is 0. The fraction of sp³-hybridized carbons (Fsp3) is 0.125. The number of ether oxygens (including phenoxy) is 4. The zero-order valence-corrected chi connectivity index (χ0v) is 30.4. The summed E-state index contributed by atoms with van der Waals surface area (Å²) in [6.45, 7) is 3.19. The van der Waals surface area contributed by atoms with E-state index < -0.39 is 17.5 Å². The van der Waals surface area contributed by atoms with E-state index in [1.165, 1.54) is 6.07 Å². The molecule has 11 heteroatoms. The number of aromatic carboxylic acids is 1. The number of benzene rings is 7. The molecule has 11 nitrogen and oxygen atoms in total. The topological polar surface area (TPSA) is 166 Å². The molecule has 3 N–H and O–H groups in total. The van der Waals surface area contributed by atoms with Gasteiger partial charge in [0.15, 0.2) is 5.60 Å². The van der Waals surface area contributed by atoms with E-state index >= 15 is 0 Å². The largest absolute Gasteiger partial charge is 0.507 e. The average molecular weight is 795 g/mol. The van der Waals surface area contributed by atoms with Crippen molar-refractivity contribution < 1.29 is 53.4 Å². The summed E-state index contributed by atoms with van der Waals surface area (Å²) in [5.41, 5.74) is 1.00. The molecular formula is C48H42O11. The van der Waals surface area contributed by atoms with Gasteiger partial charge in [-0.3, -0.25) is 9.59 Å². The number of phenolic OH excluding ortho intramolecular Hbond substituents is 2. The Bertz CT molecular complexity index is 2610. The lowest BCUT2D eigenvalue weighted by molar-refractivity contribution is -0.128. The van der Waals surface area contributed by atoms with Crippen LogP contribution >= 0.6 is 0 Å². The molecule has 0 bridgehead atoms. The van der Waals surface area contributed by atoms with Gasteiger partial charge >= 0.3 is 11.9 Å². The normalized spacial score (nSPS) is 11.7. The summed E-state index contributed by atoms with van der Waals surface area (Å²) in [7, 11) is 0. The highest BCUT2D eigenvalue weighted by Gasteiger charge is 2.50. The van der Waals surface area contributed by atoms with Crippen molar-refractivity contribution >= 4 is 57.2 Å². The van der Waals surface area contributed by atoms with E-state index in [-0.39, 0.29) is 49.8 Å². The maximum absolute atomic E-state index is 13.3. The lowest BCUT2D eigenvalue weighted by Gasteiger charge is -2.32. The summed E-state index contributed by atoms with van der Waals surface area (Å²) in [5, 5.41) is 34.4. The Hall–Kier alpha value is -7.84. The van der Waals surface area contributed by atoms with Crippen molar-refractivity contribution in [3.63, 3.8) is 0 Å². The Kier molecular flexibility index (Phi) is 14.4. The van der Waals surface area contributed by atoms with E-state index in [9.17, 15) is 29.4 Å². The molecule has 0 unspecified atom stereocenters. The third kappa shape index (κ3) is 8.77. The molecule has 0 spiro atoms. The molecule has 0 atom stereocenters. The lowest BCUT2D eigenvalue weighted by atomic mass is 9.76. The van der Waals surface area contributed by atoms with E-state index in [0.717, 1.165) is 10.8 Å². The number of terminal acetylenes is 1. The van der Waals surface area contributed by atoms with Crippen molar-refractivity contribution in [1.29, 1.82) is 0 Å². The summed E-state index contributed by atoms with van der Waals surface area (Å²) < 4.78 is 20.7. The van der Waals surface area contributed by atoms with Crippen LogP contribution in [0.25, 0.3) is 32.3 Å². The quantitative estimate of drug-likeness (QED) is 0.0724. The maximum atomic E-state index is 13.3. The number of hydrogen-bond acceptors (Lipinski definition) is 10. The number of carboxylic acid groups (broad SMARTS) is 1. The van der Waals surface area contributed by atoms with Crippen LogP contribution < -0.4 is 9.47 Å². The van der Waals surface area contributed by atoms with Gasteiger partial charge in [-0.1, -0.05) is 81.4 Å². The minimum atomic E-state index is -1.40. The third-order valence-electron chi connectivity index (χ3n) is 9.20.